The number of benzene rings is 2. The van der Waals surface area contributed by atoms with Crippen molar-refractivity contribution >= 4 is 50.7 Å². The third kappa shape index (κ3) is 4.25. The summed E-state index contributed by atoms with van der Waals surface area (Å²) >= 11 is 0.180. The maximum Gasteiger partial charge on any atom is 0.291 e. The Morgan fingerprint density at radius 2 is 1.80 bits per heavy atom. The predicted octanol–water partition coefficient (Wildman–Crippen LogP) is 5.23. The van der Waals surface area contributed by atoms with Crippen LogP contribution in [0.2, 0.25) is 0 Å². The third-order valence-electron chi connectivity index (χ3n) is 5.91. The number of carbonyl (C=O) groups excluding carboxylic acids is 1. The van der Waals surface area contributed by atoms with Gasteiger partial charge in [0.15, 0.2) is 5.16 Å². The van der Waals surface area contributed by atoms with Crippen LogP contribution in [0, 0.1) is 13.8 Å². The summed E-state index contributed by atoms with van der Waals surface area (Å²) < 4.78 is 27.2. The largest absolute Gasteiger partial charge is 0.324 e. The summed E-state index contributed by atoms with van der Waals surface area (Å²) in [7, 11) is 0. The SMILES string of the molecule is Cc1nc(SC(F)F)[nH]c(=O)c1CCC(=O)Nc1c2ccccc2n2c(C)nc3ccccc3c12. The number of aromatic nitrogens is 4. The molecule has 0 saturated heterocycles. The zero-order valence-corrected chi connectivity index (χ0v) is 19.7. The minimum atomic E-state index is -2.68. The molecule has 5 aromatic rings. The average molecular weight is 494 g/mol. The van der Waals surface area contributed by atoms with Crippen LogP contribution in [0.25, 0.3) is 27.3 Å². The molecule has 0 bridgehead atoms. The lowest BCUT2D eigenvalue weighted by Gasteiger charge is -2.10. The number of halogens is 2. The molecule has 35 heavy (non-hydrogen) atoms. The molecular weight excluding hydrogens is 472 g/mol. The van der Waals surface area contributed by atoms with Crippen LogP contribution in [0.5, 0.6) is 0 Å². The van der Waals surface area contributed by atoms with Crippen LogP contribution in [-0.4, -0.2) is 31.0 Å². The number of nitrogens with one attached hydrogen (secondary N) is 2. The van der Waals surface area contributed by atoms with Crippen molar-refractivity contribution in [1.29, 1.82) is 0 Å². The number of hydrogen-bond acceptors (Lipinski definition) is 5. The number of rotatable bonds is 6. The Morgan fingerprint density at radius 1 is 1.09 bits per heavy atom. The maximum absolute atomic E-state index is 13.1. The zero-order chi connectivity index (χ0) is 24.7. The molecule has 0 atom stereocenters. The van der Waals surface area contributed by atoms with Gasteiger partial charge in [-0.3, -0.25) is 14.0 Å². The summed E-state index contributed by atoms with van der Waals surface area (Å²) in [4.78, 5) is 36.6. The monoisotopic (exact) mass is 493 g/mol. The van der Waals surface area contributed by atoms with Crippen molar-refractivity contribution in [3.63, 3.8) is 0 Å². The van der Waals surface area contributed by atoms with Crippen molar-refractivity contribution < 1.29 is 13.6 Å². The van der Waals surface area contributed by atoms with Crippen LogP contribution in [0.3, 0.4) is 0 Å². The van der Waals surface area contributed by atoms with Gasteiger partial charge in [-0.05, 0) is 44.2 Å². The first kappa shape index (κ1) is 23.0. The molecule has 0 radical (unpaired) electrons. The molecule has 7 nitrogen and oxygen atoms in total. The maximum atomic E-state index is 13.1. The average Bonchev–Trinajstić information content (AvgIpc) is 3.13. The number of carbonyl (C=O) groups is 1. The molecule has 178 valence electrons. The van der Waals surface area contributed by atoms with Gasteiger partial charge in [0, 0.05) is 28.5 Å². The number of hydrogen-bond donors (Lipinski definition) is 2. The number of para-hydroxylation sites is 2. The van der Waals surface area contributed by atoms with Gasteiger partial charge in [-0.2, -0.15) is 8.78 Å². The number of aryl methyl sites for hydroxylation is 2. The molecular formula is C25H21F2N5O2S. The zero-order valence-electron chi connectivity index (χ0n) is 18.9. The van der Waals surface area contributed by atoms with E-state index in [-0.39, 0.29) is 35.7 Å². The number of amides is 1. The summed E-state index contributed by atoms with van der Waals surface area (Å²) in [5.74, 6) is -2.16. The van der Waals surface area contributed by atoms with Crippen molar-refractivity contribution in [2.24, 2.45) is 0 Å². The van der Waals surface area contributed by atoms with Crippen LogP contribution in [0.15, 0.2) is 58.5 Å². The van der Waals surface area contributed by atoms with Crippen LogP contribution >= 0.6 is 11.8 Å². The van der Waals surface area contributed by atoms with Gasteiger partial charge >= 0.3 is 0 Å². The van der Waals surface area contributed by atoms with Gasteiger partial charge in [0.2, 0.25) is 5.91 Å². The topological polar surface area (TPSA) is 92.1 Å². The van der Waals surface area contributed by atoms with Crippen LogP contribution in [-0.2, 0) is 11.2 Å². The van der Waals surface area contributed by atoms with Gasteiger partial charge in [-0.15, -0.1) is 0 Å². The second-order valence-corrected chi connectivity index (χ2v) is 9.09. The van der Waals surface area contributed by atoms with Crippen LogP contribution < -0.4 is 10.9 Å². The summed E-state index contributed by atoms with van der Waals surface area (Å²) in [5.41, 5.74) is 3.41. The van der Waals surface area contributed by atoms with Gasteiger partial charge in [-0.1, -0.05) is 36.4 Å². The Balaban J connectivity index is 1.49. The molecule has 0 fully saturated rings. The highest BCUT2D eigenvalue weighted by Crippen LogP contribution is 2.36. The molecule has 0 unspecified atom stereocenters. The van der Waals surface area contributed by atoms with E-state index in [9.17, 15) is 18.4 Å². The quantitative estimate of drug-likeness (QED) is 0.250. The molecule has 0 aliphatic heterocycles. The number of nitrogens with zero attached hydrogens (tertiary/aromatic N) is 3. The van der Waals surface area contributed by atoms with E-state index < -0.39 is 11.3 Å². The van der Waals surface area contributed by atoms with Gasteiger partial charge in [0.05, 0.1) is 22.2 Å². The minimum Gasteiger partial charge on any atom is -0.324 e. The Hall–Kier alpha value is -3.79. The molecule has 5 rings (SSSR count). The molecule has 2 aromatic carbocycles. The van der Waals surface area contributed by atoms with Gasteiger partial charge < -0.3 is 10.3 Å². The third-order valence-corrected chi connectivity index (χ3v) is 6.50. The van der Waals surface area contributed by atoms with E-state index in [0.29, 0.717) is 16.9 Å². The Bertz CT molecular complexity index is 1660. The lowest BCUT2D eigenvalue weighted by Crippen LogP contribution is -2.20. The normalized spacial score (nSPS) is 11.7. The van der Waals surface area contributed by atoms with E-state index in [1.54, 1.807) is 6.92 Å². The first-order valence-electron chi connectivity index (χ1n) is 11.0. The van der Waals surface area contributed by atoms with Crippen LogP contribution in [0.4, 0.5) is 14.5 Å². The minimum absolute atomic E-state index is 0.0284. The lowest BCUT2D eigenvalue weighted by molar-refractivity contribution is -0.116. The predicted molar refractivity (Wildman–Crippen MR) is 133 cm³/mol. The standard InChI is InChI=1S/C25H21F2N5O2S/c1-13-15(23(34)31-25(28-13)35-24(26)27)11-12-20(33)30-21-17-8-4-6-10-19(17)32-14(2)29-18-9-5-3-7-16(18)22(21)32/h3-10,24H,11-12H2,1-2H3,(H,30,33)(H,28,31,34). The van der Waals surface area contributed by atoms with E-state index in [4.69, 9.17) is 4.98 Å². The highest BCUT2D eigenvalue weighted by atomic mass is 32.2. The number of H-pyrrole nitrogens is 1. The highest BCUT2D eigenvalue weighted by molar-refractivity contribution is 7.99. The molecule has 2 N–H and O–H groups in total. The molecule has 0 aliphatic carbocycles. The molecule has 0 saturated carbocycles. The van der Waals surface area contributed by atoms with E-state index >= 15 is 0 Å². The fraction of sp³-hybridized carbons (Fsp3) is 0.200. The van der Waals surface area contributed by atoms with Gasteiger partial charge in [0.25, 0.3) is 11.3 Å². The summed E-state index contributed by atoms with van der Waals surface area (Å²) in [5, 5.41) is 4.70. The lowest BCUT2D eigenvalue weighted by atomic mass is 10.1. The van der Waals surface area contributed by atoms with Crippen molar-refractivity contribution in [1.82, 2.24) is 19.4 Å². The first-order valence-corrected chi connectivity index (χ1v) is 11.8. The Labute approximate surface area is 202 Å². The number of aromatic amines is 1. The fourth-order valence-electron chi connectivity index (χ4n) is 4.41. The van der Waals surface area contributed by atoms with Crippen LogP contribution in [0.1, 0.15) is 23.5 Å². The van der Waals surface area contributed by atoms with Crippen molar-refractivity contribution in [2.75, 3.05) is 5.32 Å². The Kier molecular flexibility index (Phi) is 5.98. The summed E-state index contributed by atoms with van der Waals surface area (Å²) in [6.07, 6.45) is 0.158. The van der Waals surface area contributed by atoms with Crippen molar-refractivity contribution in [3.05, 3.63) is 76.0 Å². The fourth-order valence-corrected chi connectivity index (χ4v) is 4.92. The molecule has 3 heterocycles. The molecule has 1 amide bonds. The van der Waals surface area contributed by atoms with E-state index in [1.165, 1.54) is 0 Å². The number of thioether (sulfide) groups is 1. The first-order chi connectivity index (χ1) is 16.8. The number of alkyl halides is 2. The second-order valence-electron chi connectivity index (χ2n) is 8.11. The molecule has 0 aliphatic rings. The summed E-state index contributed by atoms with van der Waals surface area (Å²) in [6, 6.07) is 15.5. The molecule has 10 heteroatoms. The molecule has 0 spiro atoms. The smallest absolute Gasteiger partial charge is 0.291 e. The van der Waals surface area contributed by atoms with Gasteiger partial charge in [-0.25, -0.2) is 9.97 Å². The number of fused-ring (bicyclic) bond motifs is 5. The van der Waals surface area contributed by atoms with Crippen molar-refractivity contribution in [3.8, 4) is 0 Å². The highest BCUT2D eigenvalue weighted by Gasteiger charge is 2.19. The van der Waals surface area contributed by atoms with E-state index in [0.717, 1.165) is 33.1 Å². The number of anilines is 1. The summed E-state index contributed by atoms with van der Waals surface area (Å²) in [6.45, 7) is 3.50. The van der Waals surface area contributed by atoms with Crippen molar-refractivity contribution in [2.45, 2.75) is 37.6 Å². The second kappa shape index (κ2) is 9.10. The molecule has 3 aromatic heterocycles. The Morgan fingerprint density at radius 3 is 2.54 bits per heavy atom. The van der Waals surface area contributed by atoms with E-state index in [1.807, 2.05) is 59.9 Å². The van der Waals surface area contributed by atoms with E-state index in [2.05, 4.69) is 15.3 Å². The van der Waals surface area contributed by atoms with Gasteiger partial charge in [0.1, 0.15) is 5.82 Å².